The van der Waals surface area contributed by atoms with Gasteiger partial charge in [-0.1, -0.05) is 92.5 Å². The van der Waals surface area contributed by atoms with Gasteiger partial charge in [-0.25, -0.2) is 0 Å². The molecular weight excluding hydrogens is 372 g/mol. The molecule has 156 valence electrons. The average Bonchev–Trinajstić information content (AvgIpc) is 2.81. The van der Waals surface area contributed by atoms with Crippen LogP contribution in [0.1, 0.15) is 78.8 Å². The normalized spacial score (nSPS) is 10.0. The zero-order valence-electron chi connectivity index (χ0n) is 18.9. The molecule has 0 atom stereocenters. The first-order valence-electron chi connectivity index (χ1n) is 11.5. The van der Waals surface area contributed by atoms with Crippen molar-refractivity contribution in [2.45, 2.75) is 58.8 Å². The fourth-order valence-corrected chi connectivity index (χ4v) is 3.43. The van der Waals surface area contributed by atoms with Crippen LogP contribution in [0, 0.1) is 30.6 Å². The summed E-state index contributed by atoms with van der Waals surface area (Å²) < 4.78 is 0. The number of hydrogen-bond acceptors (Lipinski definition) is 0. The average molecular weight is 405 g/mol. The molecule has 0 saturated carbocycles. The Hall–Kier alpha value is -3.22. The second kappa shape index (κ2) is 12.5. The van der Waals surface area contributed by atoms with E-state index in [9.17, 15) is 0 Å². The molecule has 0 N–H and O–H groups in total. The van der Waals surface area contributed by atoms with Gasteiger partial charge in [-0.2, -0.15) is 0 Å². The van der Waals surface area contributed by atoms with Crippen molar-refractivity contribution >= 4 is 0 Å². The van der Waals surface area contributed by atoms with Crippen LogP contribution >= 0.6 is 0 Å². The predicted octanol–water partition coefficient (Wildman–Crippen LogP) is 7.70. The molecular formula is C31H32. The Morgan fingerprint density at radius 1 is 0.484 bits per heavy atom. The first-order valence-corrected chi connectivity index (χ1v) is 11.5. The summed E-state index contributed by atoms with van der Waals surface area (Å²) >= 11 is 0. The van der Waals surface area contributed by atoms with E-state index in [1.54, 1.807) is 0 Å². The summed E-state index contributed by atoms with van der Waals surface area (Å²) in [6, 6.07) is 25.2. The van der Waals surface area contributed by atoms with Crippen molar-refractivity contribution in [2.75, 3.05) is 0 Å². The van der Waals surface area contributed by atoms with Crippen LogP contribution in [0.3, 0.4) is 0 Å². The molecule has 0 bridgehead atoms. The Morgan fingerprint density at radius 2 is 0.871 bits per heavy atom. The standard InChI is InChI=1S/C31H32/c1-3-4-5-6-7-8-9-27-14-16-29(17-15-27)20-21-31-24-22-30(23-25-31)19-18-28-12-10-26(2)11-13-28/h10-17,22-25H,3-9H2,1-2H3. The minimum absolute atomic E-state index is 1.00. The molecule has 0 saturated heterocycles. The molecule has 0 aromatic heterocycles. The van der Waals surface area contributed by atoms with Crippen molar-refractivity contribution < 1.29 is 0 Å². The highest BCUT2D eigenvalue weighted by molar-refractivity contribution is 5.48. The molecule has 0 aliphatic carbocycles. The van der Waals surface area contributed by atoms with Crippen molar-refractivity contribution in [2.24, 2.45) is 0 Å². The van der Waals surface area contributed by atoms with Gasteiger partial charge < -0.3 is 0 Å². The molecule has 3 rings (SSSR count). The van der Waals surface area contributed by atoms with Crippen LogP contribution in [0.4, 0.5) is 0 Å². The summed E-state index contributed by atoms with van der Waals surface area (Å²) in [5, 5.41) is 0. The molecule has 0 nitrogen and oxygen atoms in total. The summed E-state index contributed by atoms with van der Waals surface area (Å²) in [5.74, 6) is 13.0. The van der Waals surface area contributed by atoms with Gasteiger partial charge in [0.2, 0.25) is 0 Å². The predicted molar refractivity (Wildman–Crippen MR) is 133 cm³/mol. The van der Waals surface area contributed by atoms with Crippen LogP contribution < -0.4 is 0 Å². The molecule has 3 aromatic carbocycles. The zero-order chi connectivity index (χ0) is 21.7. The molecule has 0 fully saturated rings. The molecule has 0 amide bonds. The van der Waals surface area contributed by atoms with E-state index in [-0.39, 0.29) is 0 Å². The highest BCUT2D eigenvalue weighted by Crippen LogP contribution is 2.11. The van der Waals surface area contributed by atoms with Gasteiger partial charge in [-0.05, 0) is 73.9 Å². The topological polar surface area (TPSA) is 0 Å². The van der Waals surface area contributed by atoms with Crippen molar-refractivity contribution in [3.05, 3.63) is 106 Å². The van der Waals surface area contributed by atoms with Gasteiger partial charge in [0.25, 0.3) is 0 Å². The number of rotatable bonds is 7. The maximum Gasteiger partial charge on any atom is 0.0249 e. The van der Waals surface area contributed by atoms with E-state index >= 15 is 0 Å². The van der Waals surface area contributed by atoms with Crippen LogP contribution in [0.2, 0.25) is 0 Å². The minimum atomic E-state index is 1.00. The Labute approximate surface area is 188 Å². The Morgan fingerprint density at radius 3 is 1.35 bits per heavy atom. The van der Waals surface area contributed by atoms with Gasteiger partial charge >= 0.3 is 0 Å². The SMILES string of the molecule is CCCCCCCCc1ccc(C#Cc2ccc(C#Cc3ccc(C)cc3)cc2)cc1. The number of hydrogen-bond donors (Lipinski definition) is 0. The third kappa shape index (κ3) is 8.20. The summed E-state index contributed by atoms with van der Waals surface area (Å²) in [4.78, 5) is 0. The molecule has 0 aliphatic heterocycles. The molecule has 0 unspecified atom stereocenters. The third-order valence-corrected chi connectivity index (χ3v) is 5.41. The first kappa shape index (κ1) is 22.5. The lowest BCUT2D eigenvalue weighted by atomic mass is 10.0. The largest absolute Gasteiger partial charge is 0.0654 e. The van der Waals surface area contributed by atoms with E-state index in [0.29, 0.717) is 0 Å². The Kier molecular flexibility index (Phi) is 9.04. The molecule has 0 heterocycles. The van der Waals surface area contributed by atoms with E-state index in [1.165, 1.54) is 56.1 Å². The number of unbranched alkanes of at least 4 members (excludes halogenated alkanes) is 5. The van der Waals surface area contributed by atoms with Crippen LogP contribution in [-0.4, -0.2) is 0 Å². The fourth-order valence-electron chi connectivity index (χ4n) is 3.43. The smallest absolute Gasteiger partial charge is 0.0249 e. The monoisotopic (exact) mass is 404 g/mol. The first-order chi connectivity index (χ1) is 15.2. The lowest BCUT2D eigenvalue weighted by Gasteiger charge is -2.02. The van der Waals surface area contributed by atoms with Crippen LogP contribution in [0.15, 0.2) is 72.8 Å². The lowest BCUT2D eigenvalue weighted by Crippen LogP contribution is -1.87. The molecule has 0 radical (unpaired) electrons. The van der Waals surface area contributed by atoms with Crippen LogP contribution in [0.25, 0.3) is 0 Å². The quantitative estimate of drug-likeness (QED) is 0.279. The molecule has 3 aromatic rings. The van der Waals surface area contributed by atoms with Gasteiger partial charge in [0, 0.05) is 22.3 Å². The molecule has 31 heavy (non-hydrogen) atoms. The molecule has 0 heteroatoms. The highest BCUT2D eigenvalue weighted by Gasteiger charge is 1.95. The fraction of sp³-hybridized carbons (Fsp3) is 0.290. The Bertz CT molecular complexity index is 1040. The van der Waals surface area contributed by atoms with Crippen molar-refractivity contribution in [1.29, 1.82) is 0 Å². The van der Waals surface area contributed by atoms with E-state index < -0.39 is 0 Å². The maximum absolute atomic E-state index is 3.28. The van der Waals surface area contributed by atoms with Gasteiger partial charge in [-0.15, -0.1) is 0 Å². The number of aryl methyl sites for hydroxylation is 2. The minimum Gasteiger partial charge on any atom is -0.0654 e. The maximum atomic E-state index is 3.28. The molecule has 0 spiro atoms. The van der Waals surface area contributed by atoms with Crippen molar-refractivity contribution in [1.82, 2.24) is 0 Å². The van der Waals surface area contributed by atoms with E-state index in [0.717, 1.165) is 22.3 Å². The third-order valence-electron chi connectivity index (χ3n) is 5.41. The van der Waals surface area contributed by atoms with Crippen molar-refractivity contribution in [3.63, 3.8) is 0 Å². The van der Waals surface area contributed by atoms with E-state index in [4.69, 9.17) is 0 Å². The van der Waals surface area contributed by atoms with Crippen molar-refractivity contribution in [3.8, 4) is 23.7 Å². The van der Waals surface area contributed by atoms with Gasteiger partial charge in [0.15, 0.2) is 0 Å². The Balaban J connectivity index is 1.50. The van der Waals surface area contributed by atoms with E-state index in [1.807, 2.05) is 24.3 Å². The number of benzene rings is 3. The van der Waals surface area contributed by atoms with Crippen LogP contribution in [-0.2, 0) is 6.42 Å². The lowest BCUT2D eigenvalue weighted by molar-refractivity contribution is 0.607. The van der Waals surface area contributed by atoms with Gasteiger partial charge in [0.1, 0.15) is 0 Å². The van der Waals surface area contributed by atoms with Gasteiger partial charge in [-0.3, -0.25) is 0 Å². The summed E-state index contributed by atoms with van der Waals surface area (Å²) in [6.07, 6.45) is 9.23. The van der Waals surface area contributed by atoms with E-state index in [2.05, 4.69) is 86.1 Å². The second-order valence-electron chi connectivity index (χ2n) is 8.16. The second-order valence-corrected chi connectivity index (χ2v) is 8.16. The summed E-state index contributed by atoms with van der Waals surface area (Å²) in [5.41, 5.74) is 6.78. The summed E-state index contributed by atoms with van der Waals surface area (Å²) in [7, 11) is 0. The summed E-state index contributed by atoms with van der Waals surface area (Å²) in [6.45, 7) is 4.35. The zero-order valence-corrected chi connectivity index (χ0v) is 18.9. The van der Waals surface area contributed by atoms with Gasteiger partial charge in [0.05, 0.1) is 0 Å². The van der Waals surface area contributed by atoms with Crippen LogP contribution in [0.5, 0.6) is 0 Å². The highest BCUT2D eigenvalue weighted by atomic mass is 14.0. The molecule has 0 aliphatic rings.